The van der Waals surface area contributed by atoms with E-state index in [1.54, 1.807) is 30.3 Å². The zero-order valence-electron chi connectivity index (χ0n) is 12.7. The summed E-state index contributed by atoms with van der Waals surface area (Å²) >= 11 is 3.35. The van der Waals surface area contributed by atoms with Gasteiger partial charge in [0.15, 0.2) is 5.70 Å². The van der Waals surface area contributed by atoms with Crippen molar-refractivity contribution in [2.45, 2.75) is 6.92 Å². The Morgan fingerprint density at radius 1 is 1.12 bits per heavy atom. The molecule has 0 atom stereocenters. The van der Waals surface area contributed by atoms with Gasteiger partial charge in [-0.2, -0.15) is 0 Å². The lowest BCUT2D eigenvalue weighted by Crippen LogP contribution is -2.05. The molecule has 0 aliphatic carbocycles. The Kier molecular flexibility index (Phi) is 4.57. The van der Waals surface area contributed by atoms with Crippen molar-refractivity contribution in [1.82, 2.24) is 0 Å². The SMILES string of the molecule is CC(=O)Oc1ccc(C=C2N=C(c3ccc(Br)cc3)OC2=O)cc1. The van der Waals surface area contributed by atoms with Crippen molar-refractivity contribution in [3.8, 4) is 5.75 Å². The first-order chi connectivity index (χ1) is 11.5. The van der Waals surface area contributed by atoms with Crippen LogP contribution in [-0.4, -0.2) is 17.8 Å². The maximum atomic E-state index is 12.0. The Hall–Kier alpha value is -2.73. The minimum Gasteiger partial charge on any atom is -0.427 e. The average molecular weight is 386 g/mol. The second kappa shape index (κ2) is 6.80. The molecule has 1 aliphatic heterocycles. The van der Waals surface area contributed by atoms with E-state index in [1.165, 1.54) is 6.92 Å². The Morgan fingerprint density at radius 2 is 1.79 bits per heavy atom. The Morgan fingerprint density at radius 3 is 2.42 bits per heavy atom. The average Bonchev–Trinajstić information content (AvgIpc) is 2.90. The van der Waals surface area contributed by atoms with Crippen LogP contribution in [0.4, 0.5) is 0 Å². The summed E-state index contributed by atoms with van der Waals surface area (Å²) in [6.45, 7) is 1.34. The van der Waals surface area contributed by atoms with Crippen molar-refractivity contribution < 1.29 is 19.1 Å². The van der Waals surface area contributed by atoms with Gasteiger partial charge in [-0.15, -0.1) is 0 Å². The highest BCUT2D eigenvalue weighted by molar-refractivity contribution is 9.10. The number of nitrogens with zero attached hydrogens (tertiary/aromatic N) is 1. The number of aliphatic imine (C=N–C) groups is 1. The quantitative estimate of drug-likeness (QED) is 0.458. The highest BCUT2D eigenvalue weighted by Gasteiger charge is 2.24. The van der Waals surface area contributed by atoms with Crippen LogP contribution in [0, 0.1) is 0 Å². The molecule has 0 saturated heterocycles. The van der Waals surface area contributed by atoms with Gasteiger partial charge >= 0.3 is 11.9 Å². The van der Waals surface area contributed by atoms with Gasteiger partial charge in [-0.25, -0.2) is 9.79 Å². The summed E-state index contributed by atoms with van der Waals surface area (Å²) in [5.74, 6) is -0.172. The molecule has 1 aliphatic rings. The Bertz CT molecular complexity index is 852. The minimum absolute atomic E-state index is 0.216. The van der Waals surface area contributed by atoms with E-state index in [0.29, 0.717) is 5.75 Å². The van der Waals surface area contributed by atoms with Crippen LogP contribution in [0.3, 0.4) is 0 Å². The first-order valence-corrected chi connectivity index (χ1v) is 7.87. The molecule has 2 aromatic carbocycles. The summed E-state index contributed by atoms with van der Waals surface area (Å²) in [4.78, 5) is 27.1. The third-order valence-electron chi connectivity index (χ3n) is 3.16. The van der Waals surface area contributed by atoms with Gasteiger partial charge in [0.05, 0.1) is 0 Å². The molecule has 0 fully saturated rings. The molecular weight excluding hydrogens is 374 g/mol. The van der Waals surface area contributed by atoms with Gasteiger partial charge < -0.3 is 9.47 Å². The monoisotopic (exact) mass is 385 g/mol. The van der Waals surface area contributed by atoms with Gasteiger partial charge in [0, 0.05) is 17.0 Å². The van der Waals surface area contributed by atoms with Crippen molar-refractivity contribution >= 4 is 39.8 Å². The van der Waals surface area contributed by atoms with E-state index in [1.807, 2.05) is 24.3 Å². The van der Waals surface area contributed by atoms with Crippen molar-refractivity contribution in [3.63, 3.8) is 0 Å². The van der Waals surface area contributed by atoms with Gasteiger partial charge in [-0.05, 0) is 48.0 Å². The summed E-state index contributed by atoms with van der Waals surface area (Å²) in [6.07, 6.45) is 1.62. The van der Waals surface area contributed by atoms with Crippen LogP contribution < -0.4 is 4.74 Å². The number of hydrogen-bond donors (Lipinski definition) is 0. The minimum atomic E-state index is -0.503. The molecule has 24 heavy (non-hydrogen) atoms. The predicted molar refractivity (Wildman–Crippen MR) is 92.5 cm³/mol. The number of carbonyl (C=O) groups excluding carboxylic acids is 2. The van der Waals surface area contributed by atoms with Crippen molar-refractivity contribution in [3.05, 3.63) is 69.8 Å². The number of halogens is 1. The van der Waals surface area contributed by atoms with E-state index in [9.17, 15) is 9.59 Å². The van der Waals surface area contributed by atoms with E-state index in [-0.39, 0.29) is 17.6 Å². The number of rotatable bonds is 3. The third kappa shape index (κ3) is 3.78. The molecule has 2 aromatic rings. The number of ether oxygens (including phenoxy) is 2. The lowest BCUT2D eigenvalue weighted by atomic mass is 10.2. The maximum Gasteiger partial charge on any atom is 0.363 e. The van der Waals surface area contributed by atoms with Gasteiger partial charge in [0.25, 0.3) is 0 Å². The molecule has 0 spiro atoms. The number of carbonyl (C=O) groups is 2. The normalized spacial score (nSPS) is 15.2. The fraction of sp³-hybridized carbons (Fsp3) is 0.0556. The lowest BCUT2D eigenvalue weighted by Gasteiger charge is -2.00. The van der Waals surface area contributed by atoms with Crippen LogP contribution in [-0.2, 0) is 14.3 Å². The van der Waals surface area contributed by atoms with Crippen LogP contribution >= 0.6 is 15.9 Å². The van der Waals surface area contributed by atoms with E-state index in [0.717, 1.165) is 15.6 Å². The summed E-state index contributed by atoms with van der Waals surface area (Å²) in [6, 6.07) is 14.1. The van der Waals surface area contributed by atoms with E-state index >= 15 is 0 Å². The van der Waals surface area contributed by atoms with Gasteiger partial charge in [0.1, 0.15) is 5.75 Å². The molecule has 0 amide bonds. The summed E-state index contributed by atoms with van der Waals surface area (Å²) in [5.41, 5.74) is 1.69. The second-order valence-electron chi connectivity index (χ2n) is 5.01. The molecule has 1 heterocycles. The van der Waals surface area contributed by atoms with Crippen LogP contribution in [0.2, 0.25) is 0 Å². The fourth-order valence-corrected chi connectivity index (χ4v) is 2.35. The van der Waals surface area contributed by atoms with Crippen molar-refractivity contribution in [2.75, 3.05) is 0 Å². The molecule has 120 valence electrons. The molecule has 0 bridgehead atoms. The lowest BCUT2D eigenvalue weighted by molar-refractivity contribution is -0.132. The topological polar surface area (TPSA) is 65.0 Å². The van der Waals surface area contributed by atoms with Crippen molar-refractivity contribution in [2.24, 2.45) is 4.99 Å². The largest absolute Gasteiger partial charge is 0.427 e. The zero-order valence-corrected chi connectivity index (χ0v) is 14.2. The van der Waals surface area contributed by atoms with E-state index in [2.05, 4.69) is 20.9 Å². The van der Waals surface area contributed by atoms with Crippen LogP contribution in [0.25, 0.3) is 6.08 Å². The summed E-state index contributed by atoms with van der Waals surface area (Å²) in [5, 5.41) is 0. The third-order valence-corrected chi connectivity index (χ3v) is 3.69. The van der Waals surface area contributed by atoms with Crippen LogP contribution in [0.15, 0.2) is 63.7 Å². The molecule has 3 rings (SSSR count). The molecule has 0 aromatic heterocycles. The number of cyclic esters (lactones) is 1. The molecule has 5 nitrogen and oxygen atoms in total. The smallest absolute Gasteiger partial charge is 0.363 e. The predicted octanol–water partition coefficient (Wildman–Crippen LogP) is 3.72. The van der Waals surface area contributed by atoms with E-state index < -0.39 is 5.97 Å². The summed E-state index contributed by atoms with van der Waals surface area (Å²) in [7, 11) is 0. The highest BCUT2D eigenvalue weighted by atomic mass is 79.9. The highest BCUT2D eigenvalue weighted by Crippen LogP contribution is 2.21. The standard InChI is InChI=1S/C18H12BrNO4/c1-11(21)23-15-8-2-12(3-9-15)10-16-18(22)24-17(20-16)13-4-6-14(19)7-5-13/h2-10H,1H3. The summed E-state index contributed by atoms with van der Waals surface area (Å²) < 4.78 is 11.1. The zero-order chi connectivity index (χ0) is 17.1. The molecule has 0 saturated carbocycles. The van der Waals surface area contributed by atoms with Crippen LogP contribution in [0.1, 0.15) is 18.1 Å². The molecule has 6 heteroatoms. The van der Waals surface area contributed by atoms with E-state index in [4.69, 9.17) is 9.47 Å². The number of esters is 2. The number of hydrogen-bond acceptors (Lipinski definition) is 5. The fourth-order valence-electron chi connectivity index (χ4n) is 2.08. The van der Waals surface area contributed by atoms with Crippen LogP contribution in [0.5, 0.6) is 5.75 Å². The molecule has 0 unspecified atom stereocenters. The van der Waals surface area contributed by atoms with Gasteiger partial charge in [-0.1, -0.05) is 28.1 Å². The maximum absolute atomic E-state index is 12.0. The molecular formula is C18H12BrNO4. The first-order valence-electron chi connectivity index (χ1n) is 7.08. The first kappa shape index (κ1) is 16.1. The second-order valence-corrected chi connectivity index (χ2v) is 5.92. The van der Waals surface area contributed by atoms with Gasteiger partial charge in [0.2, 0.25) is 5.90 Å². The molecule has 0 radical (unpaired) electrons. The Labute approximate surface area is 146 Å². The molecule has 0 N–H and O–H groups in total. The van der Waals surface area contributed by atoms with Crippen molar-refractivity contribution in [1.29, 1.82) is 0 Å². The van der Waals surface area contributed by atoms with Gasteiger partial charge in [-0.3, -0.25) is 4.79 Å². The Balaban J connectivity index is 1.83. The number of benzene rings is 2.